The van der Waals surface area contributed by atoms with E-state index in [1.165, 1.54) is 9.13 Å². The van der Waals surface area contributed by atoms with Gasteiger partial charge in [0.25, 0.3) is 0 Å². The van der Waals surface area contributed by atoms with Gasteiger partial charge in [0.2, 0.25) is 0 Å². The number of rotatable bonds is 3. The second kappa shape index (κ2) is 6.07. The van der Waals surface area contributed by atoms with Crippen molar-refractivity contribution in [3.63, 3.8) is 0 Å². The van der Waals surface area contributed by atoms with E-state index in [2.05, 4.69) is 68.1 Å². The van der Waals surface area contributed by atoms with E-state index >= 15 is 0 Å². The van der Waals surface area contributed by atoms with Gasteiger partial charge in [-0.2, -0.15) is 0 Å². The number of halogens is 3. The molecule has 0 saturated heterocycles. The van der Waals surface area contributed by atoms with Crippen LogP contribution in [0.25, 0.3) is 0 Å². The molecule has 1 nitrogen and oxygen atoms in total. The lowest BCUT2D eigenvalue weighted by Gasteiger charge is -2.09. The molecule has 0 aliphatic rings. The van der Waals surface area contributed by atoms with Crippen molar-refractivity contribution < 1.29 is 0 Å². The Kier molecular flexibility index (Phi) is 4.70. The van der Waals surface area contributed by atoms with Crippen molar-refractivity contribution in [2.45, 2.75) is 6.54 Å². The van der Waals surface area contributed by atoms with E-state index in [1.54, 1.807) is 0 Å². The fourth-order valence-electron chi connectivity index (χ4n) is 1.43. The van der Waals surface area contributed by atoms with Crippen LogP contribution in [0.4, 0.5) is 5.69 Å². The first-order chi connectivity index (χ1) is 8.15. The number of anilines is 1. The van der Waals surface area contributed by atoms with Crippen LogP contribution < -0.4 is 5.32 Å². The van der Waals surface area contributed by atoms with Crippen molar-refractivity contribution in [3.05, 3.63) is 61.1 Å². The zero-order chi connectivity index (χ0) is 12.3. The summed E-state index contributed by atoms with van der Waals surface area (Å²) >= 11 is 11.8. The second-order valence-corrected chi connectivity index (χ2v) is 6.14. The SMILES string of the molecule is Clc1ccc(Br)c(NCc2ccc(I)cc2)c1. The lowest BCUT2D eigenvalue weighted by atomic mass is 10.2. The summed E-state index contributed by atoms with van der Waals surface area (Å²) < 4.78 is 2.27. The number of benzene rings is 2. The van der Waals surface area contributed by atoms with Gasteiger partial charge in [-0.05, 0) is 74.4 Å². The largest absolute Gasteiger partial charge is 0.380 e. The van der Waals surface area contributed by atoms with Crippen molar-refractivity contribution in [2.24, 2.45) is 0 Å². The maximum atomic E-state index is 5.96. The molecule has 0 spiro atoms. The van der Waals surface area contributed by atoms with Gasteiger partial charge in [-0.15, -0.1) is 0 Å². The van der Waals surface area contributed by atoms with E-state index in [1.807, 2.05) is 18.2 Å². The molecule has 0 fully saturated rings. The molecule has 2 aromatic carbocycles. The Hall–Kier alpha value is -0.260. The van der Waals surface area contributed by atoms with Crippen LogP contribution >= 0.6 is 50.1 Å². The molecule has 4 heteroatoms. The van der Waals surface area contributed by atoms with E-state index < -0.39 is 0 Å². The van der Waals surface area contributed by atoms with Crippen LogP contribution in [-0.4, -0.2) is 0 Å². The van der Waals surface area contributed by atoms with Crippen LogP contribution in [0, 0.1) is 3.57 Å². The fraction of sp³-hybridized carbons (Fsp3) is 0.0769. The normalized spacial score (nSPS) is 10.3. The van der Waals surface area contributed by atoms with Gasteiger partial charge in [0.15, 0.2) is 0 Å². The zero-order valence-corrected chi connectivity index (χ0v) is 13.4. The van der Waals surface area contributed by atoms with Gasteiger partial charge in [-0.25, -0.2) is 0 Å². The van der Waals surface area contributed by atoms with Gasteiger partial charge in [-0.3, -0.25) is 0 Å². The lowest BCUT2D eigenvalue weighted by Crippen LogP contribution is -1.99. The highest BCUT2D eigenvalue weighted by Crippen LogP contribution is 2.26. The standard InChI is InChI=1S/C13H10BrClIN/c14-12-6-3-10(15)7-13(12)17-8-9-1-4-11(16)5-2-9/h1-7,17H,8H2. The van der Waals surface area contributed by atoms with Gasteiger partial charge >= 0.3 is 0 Å². The average Bonchev–Trinajstić information content (AvgIpc) is 2.32. The van der Waals surface area contributed by atoms with Crippen LogP contribution in [0.15, 0.2) is 46.9 Å². The molecule has 0 aliphatic carbocycles. The molecule has 17 heavy (non-hydrogen) atoms. The maximum absolute atomic E-state index is 5.96. The number of hydrogen-bond donors (Lipinski definition) is 1. The molecule has 0 aliphatic heterocycles. The zero-order valence-electron chi connectivity index (χ0n) is 8.88. The van der Waals surface area contributed by atoms with Crippen LogP contribution in [0.3, 0.4) is 0 Å². The van der Waals surface area contributed by atoms with E-state index in [0.717, 1.165) is 21.7 Å². The van der Waals surface area contributed by atoms with Crippen molar-refractivity contribution in [1.29, 1.82) is 0 Å². The Morgan fingerprint density at radius 1 is 1.12 bits per heavy atom. The molecule has 0 radical (unpaired) electrons. The third kappa shape index (κ3) is 3.86. The summed E-state index contributed by atoms with van der Waals surface area (Å²) in [5.41, 5.74) is 2.26. The van der Waals surface area contributed by atoms with Gasteiger partial charge in [0, 0.05) is 19.6 Å². The van der Waals surface area contributed by atoms with Crippen LogP contribution in [0.5, 0.6) is 0 Å². The second-order valence-electron chi connectivity index (χ2n) is 3.60. The summed E-state index contributed by atoms with van der Waals surface area (Å²) in [6, 6.07) is 14.2. The Balaban J connectivity index is 2.07. The molecule has 0 heterocycles. The van der Waals surface area contributed by atoms with Crippen molar-refractivity contribution >= 4 is 55.8 Å². The van der Waals surface area contributed by atoms with Gasteiger partial charge in [0.1, 0.15) is 0 Å². The van der Waals surface area contributed by atoms with Crippen LogP contribution in [0.2, 0.25) is 5.02 Å². The van der Waals surface area contributed by atoms with Gasteiger partial charge in [0.05, 0.1) is 5.69 Å². The molecule has 0 unspecified atom stereocenters. The molecular formula is C13H10BrClIN. The molecule has 0 atom stereocenters. The van der Waals surface area contributed by atoms with Crippen LogP contribution in [-0.2, 0) is 6.54 Å². The van der Waals surface area contributed by atoms with Crippen molar-refractivity contribution in [2.75, 3.05) is 5.32 Å². The molecule has 2 rings (SSSR count). The Bertz CT molecular complexity index is 513. The average molecular weight is 422 g/mol. The van der Waals surface area contributed by atoms with Crippen LogP contribution in [0.1, 0.15) is 5.56 Å². The highest BCUT2D eigenvalue weighted by Gasteiger charge is 2.00. The quantitative estimate of drug-likeness (QED) is 0.661. The molecule has 2 aromatic rings. The molecule has 0 bridgehead atoms. The van der Waals surface area contributed by atoms with Gasteiger partial charge in [-0.1, -0.05) is 23.7 Å². The van der Waals surface area contributed by atoms with E-state index in [-0.39, 0.29) is 0 Å². The third-order valence-electron chi connectivity index (χ3n) is 2.32. The first-order valence-corrected chi connectivity index (χ1v) is 7.33. The summed E-state index contributed by atoms with van der Waals surface area (Å²) in [5.74, 6) is 0. The summed E-state index contributed by atoms with van der Waals surface area (Å²) in [4.78, 5) is 0. The predicted octanol–water partition coefficient (Wildman–Crippen LogP) is 5.32. The van der Waals surface area contributed by atoms with Gasteiger partial charge < -0.3 is 5.32 Å². The van der Waals surface area contributed by atoms with E-state index in [0.29, 0.717) is 0 Å². The van der Waals surface area contributed by atoms with E-state index in [9.17, 15) is 0 Å². The molecular weight excluding hydrogens is 412 g/mol. The minimum absolute atomic E-state index is 0.735. The minimum atomic E-state index is 0.735. The highest BCUT2D eigenvalue weighted by molar-refractivity contribution is 14.1. The number of hydrogen-bond acceptors (Lipinski definition) is 1. The monoisotopic (exact) mass is 421 g/mol. The molecule has 0 amide bonds. The third-order valence-corrected chi connectivity index (χ3v) is 3.97. The van der Waals surface area contributed by atoms with E-state index in [4.69, 9.17) is 11.6 Å². The molecule has 0 aromatic heterocycles. The Morgan fingerprint density at radius 2 is 1.82 bits per heavy atom. The summed E-state index contributed by atoms with van der Waals surface area (Å²) in [6.45, 7) is 0.788. The Morgan fingerprint density at radius 3 is 2.53 bits per heavy atom. The first kappa shape index (κ1) is 13.2. The first-order valence-electron chi connectivity index (χ1n) is 5.08. The predicted molar refractivity (Wildman–Crippen MR) is 85.6 cm³/mol. The van der Waals surface area contributed by atoms with Crippen molar-refractivity contribution in [3.8, 4) is 0 Å². The maximum Gasteiger partial charge on any atom is 0.0502 e. The smallest absolute Gasteiger partial charge is 0.0502 e. The number of nitrogens with one attached hydrogen (secondary N) is 1. The fourth-order valence-corrected chi connectivity index (χ4v) is 2.35. The minimum Gasteiger partial charge on any atom is -0.380 e. The summed E-state index contributed by atoms with van der Waals surface area (Å²) in [5, 5.41) is 4.09. The molecule has 88 valence electrons. The summed E-state index contributed by atoms with van der Waals surface area (Å²) in [6.07, 6.45) is 0. The lowest BCUT2D eigenvalue weighted by molar-refractivity contribution is 1.14. The topological polar surface area (TPSA) is 12.0 Å². The Labute approximate surface area is 128 Å². The molecule has 1 N–H and O–H groups in total. The highest BCUT2D eigenvalue weighted by atomic mass is 127. The van der Waals surface area contributed by atoms with Crippen molar-refractivity contribution in [1.82, 2.24) is 0 Å². The summed E-state index contributed by atoms with van der Waals surface area (Å²) in [7, 11) is 0. The molecule has 0 saturated carbocycles.